The van der Waals surface area contributed by atoms with E-state index in [1.165, 1.54) is 17.8 Å². The number of hydrogen-bond donors (Lipinski definition) is 1. The Labute approximate surface area is 149 Å². The molecule has 0 amide bonds. The van der Waals surface area contributed by atoms with Crippen LogP contribution in [0.25, 0.3) is 0 Å². The summed E-state index contributed by atoms with van der Waals surface area (Å²) < 4.78 is 6.63. The smallest absolute Gasteiger partial charge is 0.312 e. The van der Waals surface area contributed by atoms with Crippen LogP contribution in [-0.4, -0.2) is 17.7 Å². The lowest BCUT2D eigenvalue weighted by molar-refractivity contribution is -0.138. The van der Waals surface area contributed by atoms with Crippen molar-refractivity contribution in [3.05, 3.63) is 50.6 Å². The van der Waals surface area contributed by atoms with Gasteiger partial charge in [-0.3, -0.25) is 4.79 Å². The molecule has 1 N–H and O–H groups in total. The predicted octanol–water partition coefficient (Wildman–Crippen LogP) is 5.49. The Bertz CT molecular complexity index is 625. The van der Waals surface area contributed by atoms with E-state index in [-0.39, 0.29) is 0 Å². The van der Waals surface area contributed by atoms with Crippen molar-refractivity contribution in [1.82, 2.24) is 0 Å². The normalized spacial score (nSPS) is 12.1. The Morgan fingerprint density at radius 3 is 2.78 bits per heavy atom. The summed E-state index contributed by atoms with van der Waals surface area (Å²) in [4.78, 5) is 12.4. The molecule has 2 rings (SSSR count). The molecule has 1 heterocycles. The van der Waals surface area contributed by atoms with Gasteiger partial charge in [0.1, 0.15) is 5.75 Å². The summed E-state index contributed by atoms with van der Waals surface area (Å²) in [7, 11) is 0. The second kappa shape index (κ2) is 9.08. The molecule has 0 saturated heterocycles. The van der Waals surface area contributed by atoms with Crippen LogP contribution in [0.5, 0.6) is 5.75 Å². The SMILES string of the molecule is CCCCCOc1ccc(CC(C(=O)O)c2cccs2)cc1Br. The number of thiophene rings is 1. The number of hydrogen-bond acceptors (Lipinski definition) is 3. The fourth-order valence-electron chi connectivity index (χ4n) is 2.36. The maximum atomic E-state index is 11.5. The lowest BCUT2D eigenvalue weighted by Crippen LogP contribution is -2.13. The summed E-state index contributed by atoms with van der Waals surface area (Å²) in [6.45, 7) is 2.87. The number of aliphatic carboxylic acids is 1. The van der Waals surface area contributed by atoms with Crippen molar-refractivity contribution in [1.29, 1.82) is 0 Å². The monoisotopic (exact) mass is 396 g/mol. The second-order valence-electron chi connectivity index (χ2n) is 5.43. The van der Waals surface area contributed by atoms with E-state index >= 15 is 0 Å². The van der Waals surface area contributed by atoms with Crippen LogP contribution in [0.1, 0.15) is 42.5 Å². The van der Waals surface area contributed by atoms with Gasteiger partial charge in [0, 0.05) is 4.88 Å². The van der Waals surface area contributed by atoms with E-state index in [4.69, 9.17) is 4.74 Å². The zero-order valence-corrected chi connectivity index (χ0v) is 15.5. The van der Waals surface area contributed by atoms with E-state index in [0.717, 1.165) is 33.5 Å². The van der Waals surface area contributed by atoms with E-state index in [2.05, 4.69) is 22.9 Å². The van der Waals surface area contributed by atoms with Gasteiger partial charge in [0.25, 0.3) is 0 Å². The molecule has 0 spiro atoms. The molecular weight excluding hydrogens is 376 g/mol. The van der Waals surface area contributed by atoms with Crippen LogP contribution in [0.4, 0.5) is 0 Å². The van der Waals surface area contributed by atoms with Gasteiger partial charge in [-0.25, -0.2) is 0 Å². The van der Waals surface area contributed by atoms with E-state index in [0.29, 0.717) is 13.0 Å². The van der Waals surface area contributed by atoms with E-state index < -0.39 is 11.9 Å². The Morgan fingerprint density at radius 1 is 1.35 bits per heavy atom. The van der Waals surface area contributed by atoms with Gasteiger partial charge in [0.2, 0.25) is 0 Å². The Kier molecular flexibility index (Phi) is 7.12. The predicted molar refractivity (Wildman–Crippen MR) is 97.6 cm³/mol. The summed E-state index contributed by atoms with van der Waals surface area (Å²) in [6, 6.07) is 9.59. The number of carboxylic acids is 1. The van der Waals surface area contributed by atoms with Crippen LogP contribution in [0.3, 0.4) is 0 Å². The first-order valence-electron chi connectivity index (χ1n) is 7.79. The molecule has 0 radical (unpaired) electrons. The highest BCUT2D eigenvalue weighted by atomic mass is 79.9. The largest absolute Gasteiger partial charge is 0.492 e. The Hall–Kier alpha value is -1.33. The molecule has 0 bridgehead atoms. The van der Waals surface area contributed by atoms with Crippen LogP contribution in [0.15, 0.2) is 40.2 Å². The fourth-order valence-corrected chi connectivity index (χ4v) is 3.72. The van der Waals surface area contributed by atoms with Crippen molar-refractivity contribution in [2.24, 2.45) is 0 Å². The maximum Gasteiger partial charge on any atom is 0.312 e. The molecule has 3 nitrogen and oxygen atoms in total. The zero-order valence-electron chi connectivity index (χ0n) is 13.1. The molecule has 1 atom stereocenters. The molecule has 1 aromatic heterocycles. The Balaban J connectivity index is 2.03. The first kappa shape index (κ1) is 18.0. The van der Waals surface area contributed by atoms with E-state index in [9.17, 15) is 9.90 Å². The average Bonchev–Trinajstić information content (AvgIpc) is 3.04. The van der Waals surface area contributed by atoms with E-state index in [1.54, 1.807) is 0 Å². The van der Waals surface area contributed by atoms with Gasteiger partial charge in [-0.2, -0.15) is 0 Å². The number of halogens is 1. The van der Waals surface area contributed by atoms with Gasteiger partial charge >= 0.3 is 5.97 Å². The van der Waals surface area contributed by atoms with Crippen LogP contribution in [0, 0.1) is 0 Å². The summed E-state index contributed by atoms with van der Waals surface area (Å²) in [5, 5.41) is 11.4. The topological polar surface area (TPSA) is 46.5 Å². The van der Waals surface area contributed by atoms with Gasteiger partial charge in [0.15, 0.2) is 0 Å². The third-order valence-corrected chi connectivity index (χ3v) is 5.23. The van der Waals surface area contributed by atoms with Crippen molar-refractivity contribution >= 4 is 33.2 Å². The lowest BCUT2D eigenvalue weighted by Gasteiger charge is -2.13. The van der Waals surface area contributed by atoms with Crippen molar-refractivity contribution in [2.45, 2.75) is 38.5 Å². The summed E-state index contributed by atoms with van der Waals surface area (Å²) in [5.74, 6) is -0.477. The number of benzene rings is 1. The van der Waals surface area contributed by atoms with Crippen LogP contribution >= 0.6 is 27.3 Å². The van der Waals surface area contributed by atoms with Crippen molar-refractivity contribution < 1.29 is 14.6 Å². The number of rotatable bonds is 9. The first-order chi connectivity index (χ1) is 11.1. The maximum absolute atomic E-state index is 11.5. The standard InChI is InChI=1S/C18H21BrO3S/c1-2-3-4-9-22-16-8-7-13(12-15(16)19)11-14(18(20)21)17-6-5-10-23-17/h5-8,10,12,14H,2-4,9,11H2,1H3,(H,20,21). The number of carbonyl (C=O) groups is 1. The minimum absolute atomic E-state index is 0.477. The third-order valence-electron chi connectivity index (χ3n) is 3.63. The molecule has 0 aliphatic carbocycles. The minimum atomic E-state index is -0.788. The highest BCUT2D eigenvalue weighted by Gasteiger charge is 2.21. The molecule has 0 fully saturated rings. The number of ether oxygens (including phenoxy) is 1. The van der Waals surface area contributed by atoms with Crippen LogP contribution in [0.2, 0.25) is 0 Å². The quantitative estimate of drug-likeness (QED) is 0.569. The zero-order chi connectivity index (χ0) is 16.7. The summed E-state index contributed by atoms with van der Waals surface area (Å²) in [6.07, 6.45) is 3.86. The molecule has 23 heavy (non-hydrogen) atoms. The van der Waals surface area contributed by atoms with Crippen LogP contribution < -0.4 is 4.74 Å². The fraction of sp³-hybridized carbons (Fsp3) is 0.389. The van der Waals surface area contributed by atoms with Crippen molar-refractivity contribution in [3.8, 4) is 5.75 Å². The summed E-state index contributed by atoms with van der Waals surface area (Å²) in [5.41, 5.74) is 0.985. The van der Waals surface area contributed by atoms with Crippen molar-refractivity contribution in [2.75, 3.05) is 6.61 Å². The minimum Gasteiger partial charge on any atom is -0.492 e. The van der Waals surface area contributed by atoms with E-state index in [1.807, 2.05) is 35.7 Å². The van der Waals surface area contributed by atoms with Crippen LogP contribution in [-0.2, 0) is 11.2 Å². The van der Waals surface area contributed by atoms with Gasteiger partial charge in [-0.05, 0) is 57.9 Å². The average molecular weight is 397 g/mol. The summed E-state index contributed by atoms with van der Waals surface area (Å²) >= 11 is 5.01. The molecule has 0 aliphatic heterocycles. The Morgan fingerprint density at radius 2 is 2.17 bits per heavy atom. The van der Waals surface area contributed by atoms with Gasteiger partial charge in [-0.1, -0.05) is 31.9 Å². The first-order valence-corrected chi connectivity index (χ1v) is 9.46. The molecule has 5 heteroatoms. The highest BCUT2D eigenvalue weighted by molar-refractivity contribution is 9.10. The number of carboxylic acid groups (broad SMARTS) is 1. The molecule has 0 saturated carbocycles. The molecular formula is C18H21BrO3S. The third kappa shape index (κ3) is 5.36. The molecule has 1 aromatic carbocycles. The molecule has 2 aromatic rings. The molecule has 124 valence electrons. The second-order valence-corrected chi connectivity index (χ2v) is 7.26. The van der Waals surface area contributed by atoms with Gasteiger partial charge in [0.05, 0.1) is 17.0 Å². The lowest BCUT2D eigenvalue weighted by atomic mass is 9.98. The van der Waals surface area contributed by atoms with Gasteiger partial charge in [-0.15, -0.1) is 11.3 Å². The van der Waals surface area contributed by atoms with Gasteiger partial charge < -0.3 is 9.84 Å². The highest BCUT2D eigenvalue weighted by Crippen LogP contribution is 2.30. The van der Waals surface area contributed by atoms with Crippen molar-refractivity contribution in [3.63, 3.8) is 0 Å². The number of unbranched alkanes of at least 4 members (excludes halogenated alkanes) is 2. The molecule has 1 unspecified atom stereocenters. The molecule has 0 aliphatic rings.